The smallest absolute Gasteiger partial charge is 0.308 e. The van der Waals surface area contributed by atoms with Crippen molar-refractivity contribution in [2.24, 2.45) is 5.92 Å². The Morgan fingerprint density at radius 1 is 1.00 bits per heavy atom. The molecule has 0 unspecified atom stereocenters. The van der Waals surface area contributed by atoms with E-state index in [9.17, 15) is 14.7 Å². The third-order valence-electron chi connectivity index (χ3n) is 7.83. The van der Waals surface area contributed by atoms with Crippen molar-refractivity contribution in [1.82, 2.24) is 14.7 Å². The van der Waals surface area contributed by atoms with Gasteiger partial charge in [0.05, 0.1) is 12.5 Å². The number of ether oxygens (including phenoxy) is 4. The molecule has 1 fully saturated rings. The first-order valence-electron chi connectivity index (χ1n) is 14.1. The van der Waals surface area contributed by atoms with Crippen molar-refractivity contribution in [2.75, 3.05) is 53.6 Å². The third-order valence-corrected chi connectivity index (χ3v) is 7.83. The molecule has 3 aliphatic heterocycles. The lowest BCUT2D eigenvalue weighted by Gasteiger charge is -2.30. The van der Waals surface area contributed by atoms with Gasteiger partial charge < -0.3 is 33.9 Å². The molecule has 39 heavy (non-hydrogen) atoms. The fourth-order valence-electron chi connectivity index (χ4n) is 5.76. The second-order valence-corrected chi connectivity index (χ2v) is 10.9. The van der Waals surface area contributed by atoms with E-state index in [0.29, 0.717) is 37.4 Å². The zero-order valence-electron chi connectivity index (χ0n) is 23.4. The predicted molar refractivity (Wildman–Crippen MR) is 145 cm³/mol. The van der Waals surface area contributed by atoms with Crippen molar-refractivity contribution < 1.29 is 33.6 Å². The van der Waals surface area contributed by atoms with E-state index in [-0.39, 0.29) is 31.2 Å². The standard InChI is InChI=1S/C29H43N3O7/c1-4-5-13-31(14-7-6-12-30(2)3)26(33)19-32-18-22(21-8-10-24-25(17-21)39-20-38-24)28(29(34)35)23(32)9-11-27-36-15-16-37-27/h8,10,15-17,22-23,27-28H,4-7,9,11-14,18-20H2,1-3H3,(H,34,35)/t22-,23-,28+/m1/s1. The molecule has 4 rings (SSSR count). The maximum atomic E-state index is 13.6. The molecule has 10 heteroatoms. The quantitative estimate of drug-likeness (QED) is 0.332. The van der Waals surface area contributed by atoms with Crippen LogP contribution in [-0.4, -0.2) is 97.6 Å². The van der Waals surface area contributed by atoms with E-state index in [2.05, 4.69) is 30.8 Å². The Balaban J connectivity index is 1.51. The lowest BCUT2D eigenvalue weighted by atomic mass is 9.83. The van der Waals surface area contributed by atoms with Crippen LogP contribution in [0.2, 0.25) is 0 Å². The Hall–Kier alpha value is -2.98. The summed E-state index contributed by atoms with van der Waals surface area (Å²) in [6, 6.07) is 5.31. The molecule has 0 saturated carbocycles. The first-order chi connectivity index (χ1) is 18.9. The van der Waals surface area contributed by atoms with Crippen molar-refractivity contribution in [3.05, 3.63) is 36.3 Å². The number of carboxylic acid groups (broad SMARTS) is 1. The second kappa shape index (κ2) is 13.9. The van der Waals surface area contributed by atoms with Crippen LogP contribution < -0.4 is 9.47 Å². The van der Waals surface area contributed by atoms with Crippen molar-refractivity contribution in [1.29, 1.82) is 0 Å². The van der Waals surface area contributed by atoms with Crippen LogP contribution in [0, 0.1) is 5.92 Å². The molecule has 3 aliphatic rings. The molecule has 0 aliphatic carbocycles. The molecule has 216 valence electrons. The van der Waals surface area contributed by atoms with Crippen LogP contribution in [-0.2, 0) is 19.1 Å². The first-order valence-corrected chi connectivity index (χ1v) is 14.1. The van der Waals surface area contributed by atoms with Gasteiger partial charge in [0.1, 0.15) is 12.5 Å². The molecule has 10 nitrogen and oxygen atoms in total. The van der Waals surface area contributed by atoms with Gasteiger partial charge in [-0.05, 0) is 64.0 Å². The van der Waals surface area contributed by atoms with Crippen LogP contribution in [0.5, 0.6) is 11.5 Å². The molecule has 0 radical (unpaired) electrons. The van der Waals surface area contributed by atoms with E-state index < -0.39 is 18.2 Å². The maximum absolute atomic E-state index is 13.6. The summed E-state index contributed by atoms with van der Waals surface area (Å²) in [6.07, 6.45) is 7.58. The van der Waals surface area contributed by atoms with E-state index in [1.165, 1.54) is 12.5 Å². The molecule has 1 amide bonds. The number of unbranched alkanes of at least 4 members (excludes halogenated alkanes) is 2. The Bertz CT molecular complexity index is 993. The fraction of sp³-hybridized carbons (Fsp3) is 0.655. The Labute approximate surface area is 231 Å². The van der Waals surface area contributed by atoms with Gasteiger partial charge in [-0.1, -0.05) is 19.4 Å². The lowest BCUT2D eigenvalue weighted by molar-refractivity contribution is -0.144. The number of likely N-dealkylation sites (tertiary alicyclic amines) is 1. The lowest BCUT2D eigenvalue weighted by Crippen LogP contribution is -2.45. The van der Waals surface area contributed by atoms with Crippen LogP contribution >= 0.6 is 0 Å². The van der Waals surface area contributed by atoms with Crippen molar-refractivity contribution in [3.8, 4) is 11.5 Å². The third kappa shape index (κ3) is 7.57. The van der Waals surface area contributed by atoms with Gasteiger partial charge in [0.25, 0.3) is 0 Å². The normalized spacial score (nSPS) is 22.3. The van der Waals surface area contributed by atoms with Crippen LogP contribution in [0.4, 0.5) is 0 Å². The zero-order chi connectivity index (χ0) is 27.8. The molecule has 1 N–H and O–H groups in total. The molecule has 1 aromatic rings. The minimum Gasteiger partial charge on any atom is -0.481 e. The van der Waals surface area contributed by atoms with Gasteiger partial charge in [-0.15, -0.1) is 0 Å². The van der Waals surface area contributed by atoms with Gasteiger partial charge in [-0.25, -0.2) is 0 Å². The number of carboxylic acids is 1. The average Bonchev–Trinajstić information content (AvgIpc) is 3.66. The molecular formula is C29H43N3O7. The highest BCUT2D eigenvalue weighted by atomic mass is 16.7. The first kappa shape index (κ1) is 29.0. The summed E-state index contributed by atoms with van der Waals surface area (Å²) in [5, 5.41) is 10.4. The topological polar surface area (TPSA) is 101 Å². The number of carbonyl (C=O) groups is 2. The molecule has 1 saturated heterocycles. The van der Waals surface area contributed by atoms with Gasteiger partial charge >= 0.3 is 5.97 Å². The van der Waals surface area contributed by atoms with Gasteiger partial charge in [0.2, 0.25) is 19.0 Å². The highest BCUT2D eigenvalue weighted by Crippen LogP contribution is 2.43. The van der Waals surface area contributed by atoms with Crippen LogP contribution in [0.15, 0.2) is 30.7 Å². The highest BCUT2D eigenvalue weighted by Gasteiger charge is 2.47. The summed E-state index contributed by atoms with van der Waals surface area (Å²) in [5.74, 6) is -0.486. The van der Waals surface area contributed by atoms with Crippen molar-refractivity contribution >= 4 is 11.9 Å². The number of aliphatic carboxylic acids is 1. The number of rotatable bonds is 15. The number of fused-ring (bicyclic) bond motifs is 1. The maximum Gasteiger partial charge on any atom is 0.308 e. The number of amides is 1. The van der Waals surface area contributed by atoms with Gasteiger partial charge in [-0.2, -0.15) is 0 Å². The SMILES string of the molecule is CCCCN(CCCCN(C)C)C(=O)CN1C[C@H](c2ccc3c(c2)OCO3)[C@H](C(=O)O)[C@H]1CCC1OC=CO1. The van der Waals surface area contributed by atoms with E-state index in [4.69, 9.17) is 18.9 Å². The van der Waals surface area contributed by atoms with E-state index >= 15 is 0 Å². The van der Waals surface area contributed by atoms with E-state index in [1.807, 2.05) is 23.1 Å². The van der Waals surface area contributed by atoms with Gasteiger partial charge in [-0.3, -0.25) is 14.5 Å². The summed E-state index contributed by atoms with van der Waals surface area (Å²) in [5.41, 5.74) is 0.883. The fourth-order valence-corrected chi connectivity index (χ4v) is 5.76. The van der Waals surface area contributed by atoms with Crippen molar-refractivity contribution in [2.45, 2.75) is 63.7 Å². The number of hydrogen-bond donors (Lipinski definition) is 1. The van der Waals surface area contributed by atoms with Crippen LogP contribution in [0.1, 0.15) is 56.9 Å². The molecule has 0 bridgehead atoms. The largest absolute Gasteiger partial charge is 0.481 e. The zero-order valence-corrected chi connectivity index (χ0v) is 23.4. The number of nitrogens with zero attached hydrogens (tertiary/aromatic N) is 3. The van der Waals surface area contributed by atoms with Crippen molar-refractivity contribution in [3.63, 3.8) is 0 Å². The summed E-state index contributed by atoms with van der Waals surface area (Å²) < 4.78 is 22.0. The number of benzene rings is 1. The summed E-state index contributed by atoms with van der Waals surface area (Å²) in [6.45, 7) is 5.38. The summed E-state index contributed by atoms with van der Waals surface area (Å²) in [4.78, 5) is 32.5. The van der Waals surface area contributed by atoms with Gasteiger partial charge in [0, 0.05) is 38.0 Å². The molecule has 3 heterocycles. The average molecular weight is 546 g/mol. The molecule has 0 aromatic heterocycles. The minimum atomic E-state index is -0.865. The monoisotopic (exact) mass is 545 g/mol. The van der Waals surface area contributed by atoms with E-state index in [1.54, 1.807) is 0 Å². The predicted octanol–water partition coefficient (Wildman–Crippen LogP) is 3.48. The Kier molecular flexibility index (Phi) is 10.3. The Morgan fingerprint density at radius 2 is 1.72 bits per heavy atom. The number of hydrogen-bond acceptors (Lipinski definition) is 8. The van der Waals surface area contributed by atoms with Gasteiger partial charge in [0.15, 0.2) is 11.5 Å². The molecule has 3 atom stereocenters. The molecule has 0 spiro atoms. The van der Waals surface area contributed by atoms with E-state index in [0.717, 1.165) is 44.3 Å². The summed E-state index contributed by atoms with van der Waals surface area (Å²) in [7, 11) is 4.11. The summed E-state index contributed by atoms with van der Waals surface area (Å²) >= 11 is 0. The Morgan fingerprint density at radius 3 is 2.44 bits per heavy atom. The molecular weight excluding hydrogens is 502 g/mol. The second-order valence-electron chi connectivity index (χ2n) is 10.9. The minimum absolute atomic E-state index is 0.0591. The van der Waals surface area contributed by atoms with Crippen LogP contribution in [0.25, 0.3) is 0 Å². The molecule has 1 aromatic carbocycles. The highest BCUT2D eigenvalue weighted by molar-refractivity contribution is 5.79. The number of carbonyl (C=O) groups excluding carboxylic acids is 1. The van der Waals surface area contributed by atoms with Crippen LogP contribution in [0.3, 0.4) is 0 Å².